The fraction of sp³-hybridized carbons (Fsp3) is 0.538. The SMILES string of the molecule is NC(c1ccc(F)c(Cl)c1)[C@]1(O)CC[C@@H](F)CC1. The molecule has 0 amide bonds. The van der Waals surface area contributed by atoms with E-state index in [2.05, 4.69) is 0 Å². The van der Waals surface area contributed by atoms with Gasteiger partial charge in [-0.25, -0.2) is 8.78 Å². The Morgan fingerprint density at radius 1 is 1.39 bits per heavy atom. The summed E-state index contributed by atoms with van der Waals surface area (Å²) in [6.07, 6.45) is 0.363. The summed E-state index contributed by atoms with van der Waals surface area (Å²) in [5.41, 5.74) is 5.45. The zero-order valence-corrected chi connectivity index (χ0v) is 10.6. The molecule has 2 rings (SSSR count). The molecule has 0 spiro atoms. The van der Waals surface area contributed by atoms with Crippen molar-refractivity contribution in [1.82, 2.24) is 0 Å². The van der Waals surface area contributed by atoms with Gasteiger partial charge in [0.2, 0.25) is 0 Å². The summed E-state index contributed by atoms with van der Waals surface area (Å²) >= 11 is 5.69. The summed E-state index contributed by atoms with van der Waals surface area (Å²) in [5, 5.41) is 10.4. The quantitative estimate of drug-likeness (QED) is 0.871. The molecular formula is C13H16ClF2NO. The molecule has 1 aromatic carbocycles. The summed E-state index contributed by atoms with van der Waals surface area (Å²) in [6.45, 7) is 0. The molecular weight excluding hydrogens is 260 g/mol. The fourth-order valence-corrected chi connectivity index (χ4v) is 2.60. The van der Waals surface area contributed by atoms with E-state index in [1.807, 2.05) is 0 Å². The van der Waals surface area contributed by atoms with Crippen LogP contribution >= 0.6 is 11.6 Å². The van der Waals surface area contributed by atoms with Gasteiger partial charge in [0.05, 0.1) is 16.7 Å². The first-order valence-electron chi connectivity index (χ1n) is 5.99. The van der Waals surface area contributed by atoms with Crippen molar-refractivity contribution in [2.24, 2.45) is 5.73 Å². The van der Waals surface area contributed by atoms with Crippen LogP contribution in [0.2, 0.25) is 5.02 Å². The normalized spacial score (nSPS) is 30.2. The van der Waals surface area contributed by atoms with Crippen molar-refractivity contribution in [2.75, 3.05) is 0 Å². The maximum atomic E-state index is 13.1. The predicted molar refractivity (Wildman–Crippen MR) is 66.7 cm³/mol. The van der Waals surface area contributed by atoms with Gasteiger partial charge in [0.15, 0.2) is 0 Å². The topological polar surface area (TPSA) is 46.2 Å². The van der Waals surface area contributed by atoms with Crippen molar-refractivity contribution in [1.29, 1.82) is 0 Å². The molecule has 1 atom stereocenters. The number of benzene rings is 1. The summed E-state index contributed by atoms with van der Waals surface area (Å²) in [5.74, 6) is -0.521. The van der Waals surface area contributed by atoms with Crippen molar-refractivity contribution < 1.29 is 13.9 Å². The molecule has 3 N–H and O–H groups in total. The molecule has 0 aromatic heterocycles. The van der Waals surface area contributed by atoms with Crippen LogP contribution < -0.4 is 5.73 Å². The van der Waals surface area contributed by atoms with Crippen molar-refractivity contribution in [3.8, 4) is 0 Å². The third-order valence-electron chi connectivity index (χ3n) is 3.66. The Kier molecular flexibility index (Phi) is 3.90. The van der Waals surface area contributed by atoms with Crippen LogP contribution in [0.4, 0.5) is 8.78 Å². The summed E-state index contributed by atoms with van der Waals surface area (Å²) in [6, 6.07) is 3.47. The Morgan fingerprint density at radius 3 is 2.56 bits per heavy atom. The van der Waals surface area contributed by atoms with E-state index in [1.165, 1.54) is 18.2 Å². The summed E-state index contributed by atoms with van der Waals surface area (Å²) in [7, 11) is 0. The molecule has 0 bridgehead atoms. The lowest BCUT2D eigenvalue weighted by Gasteiger charge is -2.38. The standard InChI is InChI=1S/C13H16ClF2NO/c14-10-7-8(1-2-11(10)16)12(17)13(18)5-3-9(15)4-6-13/h1-2,7,9,12,18H,3-6,17H2/t9-,12?,13+. The van der Waals surface area contributed by atoms with Gasteiger partial charge in [-0.15, -0.1) is 0 Å². The van der Waals surface area contributed by atoms with Gasteiger partial charge in [-0.2, -0.15) is 0 Å². The van der Waals surface area contributed by atoms with Crippen molar-refractivity contribution in [3.05, 3.63) is 34.6 Å². The Labute approximate surface area is 110 Å². The maximum absolute atomic E-state index is 13.1. The van der Waals surface area contributed by atoms with E-state index >= 15 is 0 Å². The van der Waals surface area contributed by atoms with E-state index in [9.17, 15) is 13.9 Å². The zero-order valence-electron chi connectivity index (χ0n) is 9.87. The van der Waals surface area contributed by atoms with E-state index in [1.54, 1.807) is 0 Å². The average Bonchev–Trinajstić information content (AvgIpc) is 2.36. The van der Waals surface area contributed by atoms with Crippen LogP contribution in [-0.4, -0.2) is 16.9 Å². The molecule has 0 saturated heterocycles. The van der Waals surface area contributed by atoms with Crippen molar-refractivity contribution >= 4 is 11.6 Å². The molecule has 1 saturated carbocycles. The maximum Gasteiger partial charge on any atom is 0.141 e. The second-order valence-electron chi connectivity index (χ2n) is 4.93. The third kappa shape index (κ3) is 2.66. The molecule has 1 aliphatic carbocycles. The lowest BCUT2D eigenvalue weighted by Crippen LogP contribution is -2.44. The van der Waals surface area contributed by atoms with Gasteiger partial charge in [0.25, 0.3) is 0 Å². The zero-order chi connectivity index (χ0) is 13.3. The number of halogens is 3. The minimum atomic E-state index is -1.14. The third-order valence-corrected chi connectivity index (χ3v) is 3.95. The Hall–Kier alpha value is -0.710. The molecule has 5 heteroatoms. The van der Waals surface area contributed by atoms with Crippen molar-refractivity contribution in [3.63, 3.8) is 0 Å². The lowest BCUT2D eigenvalue weighted by atomic mass is 9.77. The van der Waals surface area contributed by atoms with Crippen molar-refractivity contribution in [2.45, 2.75) is 43.5 Å². The highest BCUT2D eigenvalue weighted by Crippen LogP contribution is 2.38. The fourth-order valence-electron chi connectivity index (χ4n) is 2.41. The van der Waals surface area contributed by atoms with Crippen LogP contribution in [0.5, 0.6) is 0 Å². The smallest absolute Gasteiger partial charge is 0.141 e. The first-order valence-corrected chi connectivity index (χ1v) is 6.37. The molecule has 2 nitrogen and oxygen atoms in total. The highest BCUT2D eigenvalue weighted by Gasteiger charge is 2.39. The van der Waals surface area contributed by atoms with Gasteiger partial charge < -0.3 is 10.8 Å². The van der Waals surface area contributed by atoms with Gasteiger partial charge in [0, 0.05) is 0 Å². The van der Waals surface area contributed by atoms with Crippen LogP contribution in [0.3, 0.4) is 0 Å². The van der Waals surface area contributed by atoms with E-state index in [0.717, 1.165) is 0 Å². The number of rotatable bonds is 2. The van der Waals surface area contributed by atoms with Crippen LogP contribution in [0.1, 0.15) is 37.3 Å². The van der Waals surface area contributed by atoms with Crippen LogP contribution in [0.25, 0.3) is 0 Å². The minimum absolute atomic E-state index is 0.0225. The number of hydrogen-bond donors (Lipinski definition) is 2. The highest BCUT2D eigenvalue weighted by molar-refractivity contribution is 6.30. The van der Waals surface area contributed by atoms with Gasteiger partial charge >= 0.3 is 0 Å². The van der Waals surface area contributed by atoms with Gasteiger partial charge in [-0.3, -0.25) is 0 Å². The largest absolute Gasteiger partial charge is 0.388 e. The minimum Gasteiger partial charge on any atom is -0.388 e. The molecule has 100 valence electrons. The molecule has 1 unspecified atom stereocenters. The monoisotopic (exact) mass is 275 g/mol. The molecule has 1 fully saturated rings. The van der Waals surface area contributed by atoms with Gasteiger partial charge in [0.1, 0.15) is 12.0 Å². The van der Waals surface area contributed by atoms with Gasteiger partial charge in [-0.05, 0) is 43.4 Å². The molecule has 0 heterocycles. The summed E-state index contributed by atoms with van der Waals surface area (Å²) in [4.78, 5) is 0. The molecule has 1 aliphatic rings. The Bertz CT molecular complexity index is 433. The average molecular weight is 276 g/mol. The van der Waals surface area contributed by atoms with E-state index in [0.29, 0.717) is 31.2 Å². The number of aliphatic hydroxyl groups is 1. The molecule has 1 aromatic rings. The summed E-state index contributed by atoms with van der Waals surface area (Å²) < 4.78 is 26.2. The molecule has 0 aliphatic heterocycles. The van der Waals surface area contributed by atoms with Crippen LogP contribution in [0, 0.1) is 5.82 Å². The highest BCUT2D eigenvalue weighted by atomic mass is 35.5. The first-order chi connectivity index (χ1) is 8.42. The van der Waals surface area contributed by atoms with Crippen LogP contribution in [0.15, 0.2) is 18.2 Å². The van der Waals surface area contributed by atoms with Crippen LogP contribution in [-0.2, 0) is 0 Å². The number of hydrogen-bond acceptors (Lipinski definition) is 2. The Balaban J connectivity index is 2.19. The Morgan fingerprint density at radius 2 is 2.00 bits per heavy atom. The molecule has 0 radical (unpaired) electrons. The number of alkyl halides is 1. The lowest BCUT2D eigenvalue weighted by molar-refractivity contribution is -0.0364. The second-order valence-corrected chi connectivity index (χ2v) is 5.34. The van der Waals surface area contributed by atoms with E-state index in [-0.39, 0.29) is 5.02 Å². The molecule has 18 heavy (non-hydrogen) atoms. The first kappa shape index (κ1) is 13.7. The van der Waals surface area contributed by atoms with E-state index < -0.39 is 23.6 Å². The van der Waals surface area contributed by atoms with E-state index in [4.69, 9.17) is 17.3 Å². The van der Waals surface area contributed by atoms with Gasteiger partial charge in [-0.1, -0.05) is 17.7 Å². The number of nitrogens with two attached hydrogens (primary N) is 1. The predicted octanol–water partition coefficient (Wildman–Crippen LogP) is 3.12. The second kappa shape index (κ2) is 5.11.